The molecule has 8 heteroatoms. The van der Waals surface area contributed by atoms with Crippen molar-refractivity contribution in [2.75, 3.05) is 11.9 Å². The first-order chi connectivity index (χ1) is 12.6. The standard InChI is InChI=1S/C18H16ClN3O2S2/c1-2-7-20-16(23)12-6-5-11(9-13(12)19)22-17(24)15-10-21-18(26-15)14-4-3-8-25-14/h3-6,8-10H,2,7H2,1H3,(H,20,23)(H,22,24). The van der Waals surface area contributed by atoms with Crippen LogP contribution in [-0.4, -0.2) is 23.3 Å². The van der Waals surface area contributed by atoms with Gasteiger partial charge in [0.05, 0.1) is 21.7 Å². The van der Waals surface area contributed by atoms with Gasteiger partial charge in [0.25, 0.3) is 11.8 Å². The molecule has 0 fully saturated rings. The largest absolute Gasteiger partial charge is 0.352 e. The summed E-state index contributed by atoms with van der Waals surface area (Å²) in [7, 11) is 0. The molecule has 2 aromatic heterocycles. The highest BCUT2D eigenvalue weighted by molar-refractivity contribution is 7.22. The topological polar surface area (TPSA) is 71.1 Å². The Morgan fingerprint density at radius 1 is 1.23 bits per heavy atom. The summed E-state index contributed by atoms with van der Waals surface area (Å²) >= 11 is 9.09. The fraction of sp³-hybridized carbons (Fsp3) is 0.167. The molecule has 0 aliphatic carbocycles. The Hall–Kier alpha value is -2.22. The SMILES string of the molecule is CCCNC(=O)c1ccc(NC(=O)c2cnc(-c3cccs3)s2)cc1Cl. The second-order valence-electron chi connectivity index (χ2n) is 5.41. The molecule has 0 saturated carbocycles. The lowest BCUT2D eigenvalue weighted by molar-refractivity contribution is 0.0953. The lowest BCUT2D eigenvalue weighted by Gasteiger charge is -2.08. The van der Waals surface area contributed by atoms with Gasteiger partial charge >= 0.3 is 0 Å². The highest BCUT2D eigenvalue weighted by atomic mass is 35.5. The quantitative estimate of drug-likeness (QED) is 0.611. The molecule has 0 bridgehead atoms. The van der Waals surface area contributed by atoms with Gasteiger partial charge < -0.3 is 10.6 Å². The fourth-order valence-electron chi connectivity index (χ4n) is 2.20. The van der Waals surface area contributed by atoms with E-state index in [2.05, 4.69) is 15.6 Å². The maximum atomic E-state index is 12.4. The van der Waals surface area contributed by atoms with Crippen LogP contribution in [0.25, 0.3) is 9.88 Å². The molecule has 5 nitrogen and oxygen atoms in total. The highest BCUT2D eigenvalue weighted by Crippen LogP contribution is 2.29. The first kappa shape index (κ1) is 18.6. The zero-order valence-electron chi connectivity index (χ0n) is 13.9. The van der Waals surface area contributed by atoms with E-state index in [0.29, 0.717) is 27.7 Å². The zero-order valence-corrected chi connectivity index (χ0v) is 16.3. The summed E-state index contributed by atoms with van der Waals surface area (Å²) in [5.41, 5.74) is 0.911. The molecule has 0 aliphatic heterocycles. The molecule has 0 saturated heterocycles. The summed E-state index contributed by atoms with van der Waals surface area (Å²) in [5.74, 6) is -0.484. The van der Waals surface area contributed by atoms with E-state index < -0.39 is 0 Å². The third-order valence-corrected chi connectivity index (χ3v) is 5.82. The van der Waals surface area contributed by atoms with Gasteiger partial charge in [0.2, 0.25) is 0 Å². The highest BCUT2D eigenvalue weighted by Gasteiger charge is 2.14. The van der Waals surface area contributed by atoms with Crippen LogP contribution in [-0.2, 0) is 0 Å². The number of hydrogen-bond acceptors (Lipinski definition) is 5. The van der Waals surface area contributed by atoms with Crippen LogP contribution in [0.2, 0.25) is 5.02 Å². The van der Waals surface area contributed by atoms with E-state index in [9.17, 15) is 9.59 Å². The summed E-state index contributed by atoms with van der Waals surface area (Å²) in [6, 6.07) is 8.74. The van der Waals surface area contributed by atoms with E-state index in [1.807, 2.05) is 24.4 Å². The second kappa shape index (κ2) is 8.44. The molecule has 2 N–H and O–H groups in total. The molecule has 134 valence electrons. The summed E-state index contributed by atoms with van der Waals surface area (Å²) in [4.78, 5) is 30.2. The molecule has 0 radical (unpaired) electrons. The minimum atomic E-state index is -0.260. The van der Waals surface area contributed by atoms with E-state index in [-0.39, 0.29) is 11.8 Å². The first-order valence-electron chi connectivity index (χ1n) is 7.97. The number of carbonyl (C=O) groups is 2. The van der Waals surface area contributed by atoms with Crippen LogP contribution >= 0.6 is 34.3 Å². The van der Waals surface area contributed by atoms with Crippen molar-refractivity contribution in [1.29, 1.82) is 0 Å². The number of aromatic nitrogens is 1. The number of nitrogens with one attached hydrogen (secondary N) is 2. The Labute approximate surface area is 164 Å². The second-order valence-corrected chi connectivity index (χ2v) is 7.80. The van der Waals surface area contributed by atoms with E-state index in [4.69, 9.17) is 11.6 Å². The number of rotatable bonds is 6. The van der Waals surface area contributed by atoms with Crippen LogP contribution in [0.1, 0.15) is 33.4 Å². The number of anilines is 1. The predicted molar refractivity (Wildman–Crippen MR) is 107 cm³/mol. The van der Waals surface area contributed by atoms with Gasteiger partial charge in [-0.25, -0.2) is 4.98 Å². The molecular formula is C18H16ClN3O2S2. The van der Waals surface area contributed by atoms with Crippen molar-refractivity contribution in [3.05, 3.63) is 57.4 Å². The normalized spacial score (nSPS) is 10.5. The Morgan fingerprint density at radius 3 is 2.77 bits per heavy atom. The Balaban J connectivity index is 1.70. The molecule has 0 unspecified atom stereocenters. The van der Waals surface area contributed by atoms with Gasteiger partial charge in [0.15, 0.2) is 0 Å². The van der Waals surface area contributed by atoms with Crippen LogP contribution in [0.3, 0.4) is 0 Å². The maximum Gasteiger partial charge on any atom is 0.267 e. The first-order valence-corrected chi connectivity index (χ1v) is 10.0. The van der Waals surface area contributed by atoms with Crippen molar-refractivity contribution in [2.45, 2.75) is 13.3 Å². The summed E-state index contributed by atoms with van der Waals surface area (Å²) in [6.45, 7) is 2.56. The molecule has 0 spiro atoms. The van der Waals surface area contributed by atoms with Crippen LogP contribution < -0.4 is 10.6 Å². The number of amides is 2. The number of benzene rings is 1. The van der Waals surface area contributed by atoms with Crippen molar-refractivity contribution >= 4 is 51.8 Å². The smallest absolute Gasteiger partial charge is 0.267 e. The molecule has 2 heterocycles. The van der Waals surface area contributed by atoms with Gasteiger partial charge in [-0.3, -0.25) is 9.59 Å². The van der Waals surface area contributed by atoms with Crippen molar-refractivity contribution in [3.8, 4) is 9.88 Å². The van der Waals surface area contributed by atoms with Gasteiger partial charge in [-0.2, -0.15) is 0 Å². The van der Waals surface area contributed by atoms with Gasteiger partial charge in [-0.05, 0) is 36.1 Å². The average Bonchev–Trinajstić information content (AvgIpc) is 3.30. The van der Waals surface area contributed by atoms with Crippen molar-refractivity contribution in [1.82, 2.24) is 10.3 Å². The number of nitrogens with zero attached hydrogens (tertiary/aromatic N) is 1. The van der Waals surface area contributed by atoms with E-state index in [1.54, 1.807) is 35.7 Å². The number of thiophene rings is 1. The Bertz CT molecular complexity index is 922. The lowest BCUT2D eigenvalue weighted by Crippen LogP contribution is -2.24. The molecule has 3 rings (SSSR count). The molecule has 3 aromatic rings. The van der Waals surface area contributed by atoms with E-state index >= 15 is 0 Å². The summed E-state index contributed by atoms with van der Waals surface area (Å²) < 4.78 is 0. The Morgan fingerprint density at radius 2 is 2.08 bits per heavy atom. The van der Waals surface area contributed by atoms with Gasteiger partial charge in [-0.15, -0.1) is 22.7 Å². The minimum absolute atomic E-state index is 0.224. The molecule has 2 amide bonds. The third-order valence-electron chi connectivity index (χ3n) is 3.47. The van der Waals surface area contributed by atoms with Crippen LogP contribution in [0, 0.1) is 0 Å². The van der Waals surface area contributed by atoms with E-state index in [0.717, 1.165) is 16.3 Å². The lowest BCUT2D eigenvalue weighted by atomic mass is 10.2. The summed E-state index contributed by atoms with van der Waals surface area (Å²) in [6.07, 6.45) is 2.41. The van der Waals surface area contributed by atoms with Gasteiger partial charge in [0, 0.05) is 12.2 Å². The monoisotopic (exact) mass is 405 g/mol. The maximum absolute atomic E-state index is 12.4. The van der Waals surface area contributed by atoms with Crippen LogP contribution in [0.15, 0.2) is 41.9 Å². The molecule has 1 aromatic carbocycles. The fourth-order valence-corrected chi connectivity index (χ4v) is 4.08. The molecule has 0 atom stereocenters. The van der Waals surface area contributed by atoms with Gasteiger partial charge in [-0.1, -0.05) is 24.6 Å². The number of halogens is 1. The molecule has 0 aliphatic rings. The number of thiazole rings is 1. The zero-order chi connectivity index (χ0) is 18.5. The number of carbonyl (C=O) groups excluding carboxylic acids is 2. The van der Waals surface area contributed by atoms with Crippen molar-refractivity contribution in [2.24, 2.45) is 0 Å². The van der Waals surface area contributed by atoms with E-state index in [1.165, 1.54) is 11.3 Å². The predicted octanol–water partition coefficient (Wildman–Crippen LogP) is 4.92. The average molecular weight is 406 g/mol. The van der Waals surface area contributed by atoms with Crippen LogP contribution in [0.4, 0.5) is 5.69 Å². The van der Waals surface area contributed by atoms with Gasteiger partial charge in [0.1, 0.15) is 9.88 Å². The molecule has 26 heavy (non-hydrogen) atoms. The molecular weight excluding hydrogens is 390 g/mol. The Kier molecular flexibility index (Phi) is 6.03. The van der Waals surface area contributed by atoms with Crippen molar-refractivity contribution < 1.29 is 9.59 Å². The minimum Gasteiger partial charge on any atom is -0.352 e. The van der Waals surface area contributed by atoms with Crippen LogP contribution in [0.5, 0.6) is 0 Å². The third kappa shape index (κ3) is 4.30. The number of hydrogen-bond donors (Lipinski definition) is 2. The summed E-state index contributed by atoms with van der Waals surface area (Å²) in [5, 5.41) is 8.63. The van der Waals surface area contributed by atoms with Crippen molar-refractivity contribution in [3.63, 3.8) is 0 Å².